The largest absolute Gasteiger partial charge is 0.263 e. The fourth-order valence-corrected chi connectivity index (χ4v) is 1.59. The van der Waals surface area contributed by atoms with E-state index in [9.17, 15) is 8.78 Å². The van der Waals surface area contributed by atoms with E-state index in [1.807, 2.05) is 6.92 Å². The zero-order valence-electron chi connectivity index (χ0n) is 9.72. The van der Waals surface area contributed by atoms with Crippen LogP contribution in [-0.4, -0.2) is 15.2 Å². The van der Waals surface area contributed by atoms with E-state index in [0.29, 0.717) is 11.4 Å². The van der Waals surface area contributed by atoms with Crippen molar-refractivity contribution >= 4 is 0 Å². The number of aromatic amines is 1. The van der Waals surface area contributed by atoms with Gasteiger partial charge in [0.2, 0.25) is 0 Å². The van der Waals surface area contributed by atoms with Crippen molar-refractivity contribution in [1.29, 1.82) is 0 Å². The van der Waals surface area contributed by atoms with Crippen molar-refractivity contribution in [2.24, 2.45) is 0 Å². The first-order valence-electron chi connectivity index (χ1n) is 5.49. The van der Waals surface area contributed by atoms with Crippen LogP contribution in [0.3, 0.4) is 0 Å². The molecule has 17 heavy (non-hydrogen) atoms. The minimum Gasteiger partial charge on any atom is -0.263 e. The number of H-pyrrole nitrogens is 1. The third-order valence-corrected chi connectivity index (χ3v) is 2.51. The number of hydrogen-bond acceptors (Lipinski definition) is 2. The molecule has 1 heterocycles. The molecule has 0 unspecified atom stereocenters. The zero-order valence-corrected chi connectivity index (χ0v) is 9.72. The van der Waals surface area contributed by atoms with Gasteiger partial charge in [0.25, 0.3) is 0 Å². The Morgan fingerprint density at radius 2 is 2.00 bits per heavy atom. The zero-order chi connectivity index (χ0) is 12.4. The van der Waals surface area contributed by atoms with Crippen molar-refractivity contribution in [3.8, 4) is 11.4 Å². The first kappa shape index (κ1) is 11.7. The molecule has 0 fully saturated rings. The van der Waals surface area contributed by atoms with Gasteiger partial charge in [0.05, 0.1) is 5.56 Å². The van der Waals surface area contributed by atoms with Crippen LogP contribution in [-0.2, 0) is 6.42 Å². The third-order valence-electron chi connectivity index (χ3n) is 2.51. The maximum atomic E-state index is 13.6. The summed E-state index contributed by atoms with van der Waals surface area (Å²) in [7, 11) is 0. The van der Waals surface area contributed by atoms with Crippen molar-refractivity contribution in [2.75, 3.05) is 0 Å². The summed E-state index contributed by atoms with van der Waals surface area (Å²) in [5.74, 6) is -0.219. The maximum absolute atomic E-state index is 13.6. The lowest BCUT2D eigenvalue weighted by Crippen LogP contribution is -1.92. The Morgan fingerprint density at radius 1 is 1.24 bits per heavy atom. The molecule has 0 radical (unpaired) electrons. The molecule has 0 amide bonds. The van der Waals surface area contributed by atoms with Crippen LogP contribution >= 0.6 is 0 Å². The molecule has 1 N–H and O–H groups in total. The van der Waals surface area contributed by atoms with Gasteiger partial charge in [-0.05, 0) is 25.0 Å². The lowest BCUT2D eigenvalue weighted by Gasteiger charge is -2.01. The summed E-state index contributed by atoms with van der Waals surface area (Å²) in [6, 6.07) is 2.28. The minimum absolute atomic E-state index is 0.225. The fraction of sp³-hybridized carbons (Fsp3) is 0.333. The van der Waals surface area contributed by atoms with Gasteiger partial charge in [-0.2, -0.15) is 5.10 Å². The van der Waals surface area contributed by atoms with Crippen molar-refractivity contribution in [3.63, 3.8) is 0 Å². The van der Waals surface area contributed by atoms with Crippen molar-refractivity contribution < 1.29 is 8.78 Å². The van der Waals surface area contributed by atoms with Gasteiger partial charge in [-0.3, -0.25) is 5.10 Å². The first-order chi connectivity index (χ1) is 8.11. The Balaban J connectivity index is 2.41. The predicted octanol–water partition coefficient (Wildman–Crippen LogP) is 3.01. The number of benzene rings is 1. The molecule has 0 aliphatic heterocycles. The smallest absolute Gasteiger partial charge is 0.184 e. The van der Waals surface area contributed by atoms with Crippen LogP contribution in [0.25, 0.3) is 11.4 Å². The molecule has 0 spiro atoms. The van der Waals surface area contributed by atoms with Gasteiger partial charge in [0, 0.05) is 12.5 Å². The average Bonchev–Trinajstić information content (AvgIpc) is 2.72. The van der Waals surface area contributed by atoms with Gasteiger partial charge in [0.15, 0.2) is 5.82 Å². The molecule has 5 heteroatoms. The fourth-order valence-electron chi connectivity index (χ4n) is 1.59. The number of nitrogens with zero attached hydrogens (tertiary/aromatic N) is 2. The van der Waals surface area contributed by atoms with E-state index in [1.165, 1.54) is 6.07 Å². The highest BCUT2D eigenvalue weighted by Gasteiger charge is 2.13. The van der Waals surface area contributed by atoms with E-state index in [0.717, 1.165) is 18.9 Å². The highest BCUT2D eigenvalue weighted by molar-refractivity contribution is 5.56. The van der Waals surface area contributed by atoms with Gasteiger partial charge in [0.1, 0.15) is 17.5 Å². The first-order valence-corrected chi connectivity index (χ1v) is 5.49. The highest BCUT2D eigenvalue weighted by atomic mass is 19.1. The Hall–Kier alpha value is -1.78. The Kier molecular flexibility index (Phi) is 3.17. The van der Waals surface area contributed by atoms with Crippen LogP contribution in [0.5, 0.6) is 0 Å². The molecule has 1 aromatic carbocycles. The second-order valence-corrected chi connectivity index (χ2v) is 3.94. The average molecular weight is 237 g/mol. The van der Waals surface area contributed by atoms with Crippen molar-refractivity contribution in [3.05, 3.63) is 35.2 Å². The maximum Gasteiger partial charge on any atom is 0.184 e. The molecule has 0 bridgehead atoms. The van der Waals surface area contributed by atoms with Crippen molar-refractivity contribution in [2.45, 2.75) is 26.7 Å². The second-order valence-electron chi connectivity index (χ2n) is 3.94. The normalized spacial score (nSPS) is 10.8. The van der Waals surface area contributed by atoms with E-state index in [1.54, 1.807) is 6.92 Å². The number of nitrogens with one attached hydrogen (secondary N) is 1. The van der Waals surface area contributed by atoms with E-state index in [-0.39, 0.29) is 11.4 Å². The van der Waals surface area contributed by atoms with Gasteiger partial charge in [-0.15, -0.1) is 0 Å². The van der Waals surface area contributed by atoms with Crippen molar-refractivity contribution in [1.82, 2.24) is 15.2 Å². The minimum atomic E-state index is -0.643. The molecule has 3 nitrogen and oxygen atoms in total. The molecular weight excluding hydrogens is 224 g/mol. The summed E-state index contributed by atoms with van der Waals surface area (Å²) in [4.78, 5) is 4.17. The molecule has 0 aliphatic carbocycles. The van der Waals surface area contributed by atoms with Crippen LogP contribution in [0, 0.1) is 18.6 Å². The van der Waals surface area contributed by atoms with Crippen LogP contribution in [0.15, 0.2) is 12.1 Å². The third kappa shape index (κ3) is 2.33. The molecule has 0 atom stereocenters. The Labute approximate surface area is 97.9 Å². The molecular formula is C12H13F2N3. The van der Waals surface area contributed by atoms with Gasteiger partial charge < -0.3 is 0 Å². The lowest BCUT2D eigenvalue weighted by atomic mass is 10.1. The van der Waals surface area contributed by atoms with Crippen LogP contribution in [0.2, 0.25) is 0 Å². The number of hydrogen-bond donors (Lipinski definition) is 1. The number of aromatic nitrogens is 3. The lowest BCUT2D eigenvalue weighted by molar-refractivity contribution is 0.579. The van der Waals surface area contributed by atoms with E-state index in [4.69, 9.17) is 0 Å². The quantitative estimate of drug-likeness (QED) is 0.891. The summed E-state index contributed by atoms with van der Waals surface area (Å²) in [6.45, 7) is 3.60. The van der Waals surface area contributed by atoms with Crippen LogP contribution < -0.4 is 0 Å². The standard InChI is InChI=1S/C12H13F2N3/c1-3-4-11-15-12(17-16-11)8-5-7(2)9(13)6-10(8)14/h5-6H,3-4H2,1-2H3,(H,15,16,17). The summed E-state index contributed by atoms with van der Waals surface area (Å²) >= 11 is 0. The van der Waals surface area contributed by atoms with E-state index < -0.39 is 11.6 Å². The molecule has 2 aromatic rings. The summed E-state index contributed by atoms with van der Waals surface area (Å²) < 4.78 is 26.7. The van der Waals surface area contributed by atoms with Gasteiger partial charge >= 0.3 is 0 Å². The van der Waals surface area contributed by atoms with Crippen LogP contribution in [0.4, 0.5) is 8.78 Å². The molecule has 90 valence electrons. The molecule has 0 aliphatic rings. The van der Waals surface area contributed by atoms with E-state index in [2.05, 4.69) is 15.2 Å². The number of rotatable bonds is 3. The number of halogens is 2. The van der Waals surface area contributed by atoms with E-state index >= 15 is 0 Å². The molecule has 0 saturated carbocycles. The van der Waals surface area contributed by atoms with Gasteiger partial charge in [-0.25, -0.2) is 13.8 Å². The van der Waals surface area contributed by atoms with Gasteiger partial charge in [-0.1, -0.05) is 6.92 Å². The molecule has 2 rings (SSSR count). The molecule has 0 saturated heterocycles. The summed E-state index contributed by atoms with van der Waals surface area (Å²) in [5, 5.41) is 6.68. The Morgan fingerprint density at radius 3 is 2.71 bits per heavy atom. The summed E-state index contributed by atoms with van der Waals surface area (Å²) in [6.07, 6.45) is 1.69. The van der Waals surface area contributed by atoms with Crippen LogP contribution in [0.1, 0.15) is 24.7 Å². The Bertz CT molecular complexity index is 535. The predicted molar refractivity (Wildman–Crippen MR) is 60.5 cm³/mol. The topological polar surface area (TPSA) is 41.6 Å². The summed E-state index contributed by atoms with van der Waals surface area (Å²) in [5.41, 5.74) is 0.603. The second kappa shape index (κ2) is 4.61. The monoisotopic (exact) mass is 237 g/mol. The number of aryl methyl sites for hydroxylation is 2. The molecule has 1 aromatic heterocycles. The SMILES string of the molecule is CCCc1nc(-c2cc(C)c(F)cc2F)n[nH]1. The highest BCUT2D eigenvalue weighted by Crippen LogP contribution is 2.22.